The number of unbranched alkanes of at least 4 members (excludes halogenated alkanes) is 1. The van der Waals surface area contributed by atoms with Crippen molar-refractivity contribution in [3.8, 4) is 11.8 Å². The quantitative estimate of drug-likeness (QED) is 0.693. The first kappa shape index (κ1) is 18.5. The second kappa shape index (κ2) is 10.2. The molecule has 1 unspecified atom stereocenters. The third kappa shape index (κ3) is 6.46. The van der Waals surface area contributed by atoms with Crippen LogP contribution in [0.1, 0.15) is 45.6 Å². The Labute approximate surface area is 134 Å². The fourth-order valence-corrected chi connectivity index (χ4v) is 2.42. The zero-order chi connectivity index (χ0) is 16.4. The van der Waals surface area contributed by atoms with Crippen LogP contribution >= 0.6 is 0 Å². The molecule has 1 aromatic carbocycles. The molecule has 0 saturated heterocycles. The number of quaternary nitrogens is 1. The zero-order valence-corrected chi connectivity index (χ0v) is 14.0. The normalized spacial score (nSPS) is 14.9. The van der Waals surface area contributed by atoms with Crippen molar-refractivity contribution in [2.75, 3.05) is 19.7 Å². The summed E-state index contributed by atoms with van der Waals surface area (Å²) < 4.78 is 5.61. The number of nitriles is 1. The Hall–Kier alpha value is -1.57. The van der Waals surface area contributed by atoms with E-state index >= 15 is 0 Å². The van der Waals surface area contributed by atoms with E-state index in [1.807, 2.05) is 0 Å². The SMILES string of the molecule is CCCC[NH+](C[C@@H](O)COc1ccc(C#N)cc1)[C@@H](C)CC. The number of aliphatic hydroxyl groups excluding tert-OH is 1. The molecule has 0 aliphatic rings. The summed E-state index contributed by atoms with van der Waals surface area (Å²) in [6.45, 7) is 8.72. The smallest absolute Gasteiger partial charge is 0.137 e. The van der Waals surface area contributed by atoms with Gasteiger partial charge in [0.2, 0.25) is 0 Å². The van der Waals surface area contributed by atoms with Gasteiger partial charge in [0.1, 0.15) is 25.0 Å². The lowest BCUT2D eigenvalue weighted by Gasteiger charge is -2.27. The molecule has 0 heterocycles. The molecule has 0 aliphatic heterocycles. The first-order valence-corrected chi connectivity index (χ1v) is 8.26. The van der Waals surface area contributed by atoms with E-state index in [9.17, 15) is 5.11 Å². The van der Waals surface area contributed by atoms with Gasteiger partial charge in [-0.15, -0.1) is 0 Å². The molecule has 0 amide bonds. The second-order valence-corrected chi connectivity index (χ2v) is 5.88. The summed E-state index contributed by atoms with van der Waals surface area (Å²) >= 11 is 0. The van der Waals surface area contributed by atoms with Gasteiger partial charge in [-0.3, -0.25) is 0 Å². The molecule has 4 heteroatoms. The summed E-state index contributed by atoms with van der Waals surface area (Å²) in [6.07, 6.45) is 3.00. The van der Waals surface area contributed by atoms with Crippen LogP contribution in [0, 0.1) is 11.3 Å². The van der Waals surface area contributed by atoms with Gasteiger partial charge in [-0.25, -0.2) is 0 Å². The highest BCUT2D eigenvalue weighted by Crippen LogP contribution is 2.11. The number of hydrogen-bond acceptors (Lipinski definition) is 3. The van der Waals surface area contributed by atoms with Gasteiger partial charge in [0.25, 0.3) is 0 Å². The molecule has 0 aromatic heterocycles. The minimum absolute atomic E-state index is 0.290. The summed E-state index contributed by atoms with van der Waals surface area (Å²) in [5, 5.41) is 19.0. The monoisotopic (exact) mass is 305 g/mol. The molecule has 0 fully saturated rings. The molecule has 0 aliphatic carbocycles. The number of nitrogens with zero attached hydrogens (tertiary/aromatic N) is 1. The van der Waals surface area contributed by atoms with E-state index < -0.39 is 6.10 Å². The van der Waals surface area contributed by atoms with Crippen molar-refractivity contribution in [2.45, 2.75) is 52.2 Å². The number of ether oxygens (including phenoxy) is 1. The summed E-state index contributed by atoms with van der Waals surface area (Å²) in [5.74, 6) is 0.691. The van der Waals surface area contributed by atoms with Crippen LogP contribution in [0.4, 0.5) is 0 Å². The highest BCUT2D eigenvalue weighted by Gasteiger charge is 2.20. The van der Waals surface area contributed by atoms with Crippen LogP contribution < -0.4 is 9.64 Å². The molecule has 0 saturated carbocycles. The Morgan fingerprint density at radius 2 is 1.95 bits per heavy atom. The molecule has 2 N–H and O–H groups in total. The van der Waals surface area contributed by atoms with E-state index in [-0.39, 0.29) is 6.61 Å². The average Bonchev–Trinajstić information content (AvgIpc) is 2.56. The van der Waals surface area contributed by atoms with Crippen molar-refractivity contribution >= 4 is 0 Å². The maximum Gasteiger partial charge on any atom is 0.137 e. The average molecular weight is 305 g/mol. The first-order valence-electron chi connectivity index (χ1n) is 8.26. The molecule has 4 nitrogen and oxygen atoms in total. The van der Waals surface area contributed by atoms with Crippen molar-refractivity contribution in [1.82, 2.24) is 0 Å². The van der Waals surface area contributed by atoms with Crippen molar-refractivity contribution in [3.05, 3.63) is 29.8 Å². The Kier molecular flexibility index (Phi) is 8.57. The van der Waals surface area contributed by atoms with Crippen molar-refractivity contribution in [1.29, 1.82) is 5.26 Å². The summed E-state index contributed by atoms with van der Waals surface area (Å²) in [7, 11) is 0. The Morgan fingerprint density at radius 1 is 1.27 bits per heavy atom. The van der Waals surface area contributed by atoms with E-state index in [1.165, 1.54) is 17.7 Å². The maximum atomic E-state index is 10.2. The first-order chi connectivity index (χ1) is 10.6. The third-order valence-electron chi connectivity index (χ3n) is 4.08. The third-order valence-corrected chi connectivity index (χ3v) is 4.08. The van der Waals surface area contributed by atoms with E-state index in [0.29, 0.717) is 23.9 Å². The second-order valence-electron chi connectivity index (χ2n) is 5.88. The summed E-state index contributed by atoms with van der Waals surface area (Å²) in [6, 6.07) is 9.60. The summed E-state index contributed by atoms with van der Waals surface area (Å²) in [4.78, 5) is 1.44. The van der Waals surface area contributed by atoms with Crippen LogP contribution in [0.15, 0.2) is 24.3 Å². The molecule has 1 rings (SSSR count). The van der Waals surface area contributed by atoms with Gasteiger partial charge in [0.15, 0.2) is 0 Å². The van der Waals surface area contributed by atoms with Crippen LogP contribution in [-0.4, -0.2) is 36.9 Å². The highest BCUT2D eigenvalue weighted by molar-refractivity contribution is 5.34. The number of hydrogen-bond donors (Lipinski definition) is 2. The minimum Gasteiger partial charge on any atom is -0.491 e. The van der Waals surface area contributed by atoms with E-state index in [2.05, 4.69) is 26.8 Å². The minimum atomic E-state index is -0.475. The standard InChI is InChI=1S/C18H28N2O2/c1-4-6-11-20(15(3)5-2)13-17(21)14-22-18-9-7-16(12-19)8-10-18/h7-10,15,17,21H,4-6,11,13-14H2,1-3H3/p+1/t15-,17+/m0/s1. The lowest BCUT2D eigenvalue weighted by atomic mass is 10.1. The number of rotatable bonds is 10. The topological polar surface area (TPSA) is 57.7 Å². The fraction of sp³-hybridized carbons (Fsp3) is 0.611. The van der Waals surface area contributed by atoms with E-state index in [1.54, 1.807) is 24.3 Å². The van der Waals surface area contributed by atoms with E-state index in [0.717, 1.165) is 13.0 Å². The van der Waals surface area contributed by atoms with Gasteiger partial charge in [-0.2, -0.15) is 5.26 Å². The van der Waals surface area contributed by atoms with Crippen LogP contribution in [0.2, 0.25) is 0 Å². The molecule has 22 heavy (non-hydrogen) atoms. The molecule has 1 aromatic rings. The molecule has 0 spiro atoms. The van der Waals surface area contributed by atoms with Crippen LogP contribution in [0.5, 0.6) is 5.75 Å². The zero-order valence-electron chi connectivity index (χ0n) is 14.0. The van der Waals surface area contributed by atoms with Crippen LogP contribution in [-0.2, 0) is 0 Å². The maximum absolute atomic E-state index is 10.2. The largest absolute Gasteiger partial charge is 0.491 e. The van der Waals surface area contributed by atoms with Gasteiger partial charge in [-0.05, 0) is 44.0 Å². The number of nitrogens with one attached hydrogen (secondary N) is 1. The lowest BCUT2D eigenvalue weighted by molar-refractivity contribution is -0.926. The van der Waals surface area contributed by atoms with Crippen LogP contribution in [0.25, 0.3) is 0 Å². The lowest BCUT2D eigenvalue weighted by Crippen LogP contribution is -3.16. The van der Waals surface area contributed by atoms with Gasteiger partial charge < -0.3 is 14.7 Å². The van der Waals surface area contributed by atoms with Crippen molar-refractivity contribution < 1.29 is 14.7 Å². The summed E-state index contributed by atoms with van der Waals surface area (Å²) in [5.41, 5.74) is 0.611. The molecule has 3 atom stereocenters. The van der Waals surface area contributed by atoms with Gasteiger partial charge in [0, 0.05) is 0 Å². The molecular weight excluding hydrogens is 276 g/mol. The molecule has 122 valence electrons. The van der Waals surface area contributed by atoms with Crippen LogP contribution in [0.3, 0.4) is 0 Å². The van der Waals surface area contributed by atoms with Crippen molar-refractivity contribution in [3.63, 3.8) is 0 Å². The fourth-order valence-electron chi connectivity index (χ4n) is 2.42. The number of aliphatic hydroxyl groups is 1. The molecular formula is C18H29N2O2+. The molecule has 0 bridgehead atoms. The predicted molar refractivity (Wildman–Crippen MR) is 88.0 cm³/mol. The van der Waals surface area contributed by atoms with Gasteiger partial charge >= 0.3 is 0 Å². The van der Waals surface area contributed by atoms with Crippen molar-refractivity contribution in [2.24, 2.45) is 0 Å². The highest BCUT2D eigenvalue weighted by atomic mass is 16.5. The molecule has 0 radical (unpaired) electrons. The van der Waals surface area contributed by atoms with Gasteiger partial charge in [0.05, 0.1) is 24.2 Å². The Bertz CT molecular complexity index is 453. The Morgan fingerprint density at radius 3 is 2.50 bits per heavy atom. The Balaban J connectivity index is 2.44. The number of benzene rings is 1. The predicted octanol–water partition coefficient (Wildman–Crippen LogP) is 1.78. The van der Waals surface area contributed by atoms with E-state index in [4.69, 9.17) is 10.00 Å². The van der Waals surface area contributed by atoms with Gasteiger partial charge in [-0.1, -0.05) is 20.3 Å².